The smallest absolute Gasteiger partial charge is 0.326 e. The highest BCUT2D eigenvalue weighted by molar-refractivity contribution is 7.98. The van der Waals surface area contributed by atoms with Crippen molar-refractivity contribution in [2.45, 2.75) is 49.9 Å². The molecule has 2 aromatic rings. The van der Waals surface area contributed by atoms with Gasteiger partial charge in [-0.25, -0.2) is 4.79 Å². The first kappa shape index (κ1) is 30.6. The number of fused-ring (bicyclic) bond motifs is 1. The zero-order valence-corrected chi connectivity index (χ0v) is 21.8. The maximum Gasteiger partial charge on any atom is 0.326 e. The zero-order valence-electron chi connectivity index (χ0n) is 20.9. The van der Waals surface area contributed by atoms with E-state index in [-0.39, 0.29) is 25.7 Å². The number of aliphatic hydroxyl groups is 1. The molecule has 4 unspecified atom stereocenters. The minimum atomic E-state index is -1.30. The molecule has 38 heavy (non-hydrogen) atoms. The number of thioether (sulfide) groups is 1. The van der Waals surface area contributed by atoms with Gasteiger partial charge in [0, 0.05) is 29.9 Å². The molecule has 2 rings (SSSR count). The van der Waals surface area contributed by atoms with E-state index in [4.69, 9.17) is 16.6 Å². The molecule has 0 aliphatic carbocycles. The number of hydrogen-bond donors (Lipinski definition) is 8. The Labute approximate surface area is 223 Å². The standard InChI is InChI=1S/C24H34N6O7S/c1-38-9-8-18(29-22(34)17(6-7-20(26)32)28-21(33)15(25)12-31)23(35)30-19(24(36)37)10-13-11-27-16-5-3-2-4-14(13)16/h2-5,11,15,17-19,27,31H,6-10,12,25H2,1H3,(H2,26,32)(H,28,33)(H,29,34)(H,30,35)(H,36,37). The lowest BCUT2D eigenvalue weighted by atomic mass is 10.0. The number of carbonyl (C=O) groups is 5. The highest BCUT2D eigenvalue weighted by atomic mass is 32.2. The van der Waals surface area contributed by atoms with Crippen molar-refractivity contribution in [1.29, 1.82) is 0 Å². The first-order valence-corrected chi connectivity index (χ1v) is 13.3. The maximum atomic E-state index is 13.1. The number of carboxylic acids is 1. The van der Waals surface area contributed by atoms with Gasteiger partial charge in [0.2, 0.25) is 23.6 Å². The average Bonchev–Trinajstić information content (AvgIpc) is 3.30. The largest absolute Gasteiger partial charge is 0.480 e. The molecule has 4 atom stereocenters. The minimum Gasteiger partial charge on any atom is -0.480 e. The van der Waals surface area contributed by atoms with E-state index in [1.165, 1.54) is 11.8 Å². The molecule has 0 spiro atoms. The Bertz CT molecular complexity index is 1140. The van der Waals surface area contributed by atoms with Crippen LogP contribution in [0, 0.1) is 0 Å². The van der Waals surface area contributed by atoms with Gasteiger partial charge in [0.15, 0.2) is 0 Å². The van der Waals surface area contributed by atoms with Gasteiger partial charge < -0.3 is 42.6 Å². The van der Waals surface area contributed by atoms with Gasteiger partial charge in [0.25, 0.3) is 0 Å². The lowest BCUT2D eigenvalue weighted by Crippen LogP contribution is -2.57. The van der Waals surface area contributed by atoms with Gasteiger partial charge in [-0.2, -0.15) is 11.8 Å². The molecule has 0 aliphatic heterocycles. The van der Waals surface area contributed by atoms with Crippen molar-refractivity contribution in [1.82, 2.24) is 20.9 Å². The van der Waals surface area contributed by atoms with Gasteiger partial charge in [-0.05, 0) is 36.5 Å². The van der Waals surface area contributed by atoms with Crippen LogP contribution in [0.4, 0.5) is 0 Å². The minimum absolute atomic E-state index is 0.00459. The molecule has 208 valence electrons. The molecule has 4 amide bonds. The third-order valence-electron chi connectivity index (χ3n) is 5.80. The molecule has 0 fully saturated rings. The lowest BCUT2D eigenvalue weighted by Gasteiger charge is -2.25. The molecular weight excluding hydrogens is 516 g/mol. The summed E-state index contributed by atoms with van der Waals surface area (Å²) in [5.41, 5.74) is 12.2. The number of carbonyl (C=O) groups excluding carboxylic acids is 4. The number of hydrogen-bond acceptors (Lipinski definition) is 8. The van der Waals surface area contributed by atoms with Crippen LogP contribution in [0.3, 0.4) is 0 Å². The van der Waals surface area contributed by atoms with Crippen LogP contribution in [-0.4, -0.2) is 87.6 Å². The van der Waals surface area contributed by atoms with Crippen LogP contribution in [0.1, 0.15) is 24.8 Å². The van der Waals surface area contributed by atoms with Crippen molar-refractivity contribution < 1.29 is 34.2 Å². The molecule has 14 heteroatoms. The highest BCUT2D eigenvalue weighted by Gasteiger charge is 2.30. The van der Waals surface area contributed by atoms with Gasteiger partial charge in [-0.3, -0.25) is 19.2 Å². The van der Waals surface area contributed by atoms with Gasteiger partial charge in [0.1, 0.15) is 24.2 Å². The van der Waals surface area contributed by atoms with E-state index in [9.17, 15) is 29.1 Å². The summed E-state index contributed by atoms with van der Waals surface area (Å²) in [5.74, 6) is -3.82. The first-order chi connectivity index (χ1) is 18.1. The average molecular weight is 551 g/mol. The Morgan fingerprint density at radius 1 is 0.974 bits per heavy atom. The van der Waals surface area contributed by atoms with Crippen LogP contribution in [0.2, 0.25) is 0 Å². The van der Waals surface area contributed by atoms with E-state index in [0.717, 1.165) is 10.9 Å². The van der Waals surface area contributed by atoms with Crippen molar-refractivity contribution in [3.63, 3.8) is 0 Å². The molecule has 1 heterocycles. The molecule has 0 aliphatic rings. The second-order valence-corrected chi connectivity index (χ2v) is 9.65. The second kappa shape index (κ2) is 15.0. The summed E-state index contributed by atoms with van der Waals surface area (Å²) in [6.45, 7) is -0.665. The third kappa shape index (κ3) is 9.04. The van der Waals surface area contributed by atoms with Gasteiger partial charge in [-0.15, -0.1) is 0 Å². The fraction of sp³-hybridized carbons (Fsp3) is 0.458. The van der Waals surface area contributed by atoms with E-state index < -0.39 is 60.4 Å². The Hall–Kier alpha value is -3.62. The van der Waals surface area contributed by atoms with Crippen molar-refractivity contribution in [3.8, 4) is 0 Å². The monoisotopic (exact) mass is 550 g/mol. The normalized spacial score (nSPS) is 14.2. The number of nitrogens with two attached hydrogens (primary N) is 2. The molecule has 1 aromatic carbocycles. The summed E-state index contributed by atoms with van der Waals surface area (Å²) in [5, 5.41) is 27.1. The van der Waals surface area contributed by atoms with Gasteiger partial charge in [0.05, 0.1) is 6.61 Å². The fourth-order valence-corrected chi connectivity index (χ4v) is 4.16. The lowest BCUT2D eigenvalue weighted by molar-refractivity contribution is -0.142. The predicted octanol–water partition coefficient (Wildman–Crippen LogP) is -1.41. The van der Waals surface area contributed by atoms with E-state index in [1.54, 1.807) is 12.5 Å². The van der Waals surface area contributed by atoms with Crippen LogP contribution in [0.25, 0.3) is 10.9 Å². The molecular formula is C24H34N6O7S. The van der Waals surface area contributed by atoms with E-state index >= 15 is 0 Å². The second-order valence-electron chi connectivity index (χ2n) is 8.66. The summed E-state index contributed by atoms with van der Waals surface area (Å²) in [7, 11) is 0. The number of primary amides is 1. The number of aliphatic carboxylic acids is 1. The Balaban J connectivity index is 2.17. The van der Waals surface area contributed by atoms with Crippen LogP contribution >= 0.6 is 11.8 Å². The number of carboxylic acid groups (broad SMARTS) is 1. The van der Waals surface area contributed by atoms with Gasteiger partial charge in [-0.1, -0.05) is 18.2 Å². The SMILES string of the molecule is CSCCC(NC(=O)C(CCC(N)=O)NC(=O)C(N)CO)C(=O)NC(Cc1c[nH]c2ccccc12)C(=O)O. The van der Waals surface area contributed by atoms with Crippen LogP contribution in [-0.2, 0) is 30.4 Å². The number of para-hydroxylation sites is 1. The Kier molecular flexibility index (Phi) is 12.0. The molecule has 0 saturated heterocycles. The van der Waals surface area contributed by atoms with Gasteiger partial charge >= 0.3 is 5.97 Å². The Morgan fingerprint density at radius 2 is 1.58 bits per heavy atom. The molecule has 13 nitrogen and oxygen atoms in total. The van der Waals surface area contributed by atoms with E-state index in [0.29, 0.717) is 11.3 Å². The number of aliphatic hydroxyl groups excluding tert-OH is 1. The number of benzene rings is 1. The predicted molar refractivity (Wildman–Crippen MR) is 142 cm³/mol. The third-order valence-corrected chi connectivity index (χ3v) is 6.45. The van der Waals surface area contributed by atoms with E-state index in [1.807, 2.05) is 24.3 Å². The molecule has 0 bridgehead atoms. The van der Waals surface area contributed by atoms with Crippen LogP contribution in [0.15, 0.2) is 30.5 Å². The van der Waals surface area contributed by atoms with Crippen molar-refractivity contribution in [3.05, 3.63) is 36.0 Å². The fourth-order valence-electron chi connectivity index (χ4n) is 3.69. The number of aromatic nitrogens is 1. The summed E-state index contributed by atoms with van der Waals surface area (Å²) >= 11 is 1.42. The summed E-state index contributed by atoms with van der Waals surface area (Å²) in [4.78, 5) is 64.6. The van der Waals surface area contributed by atoms with E-state index in [2.05, 4.69) is 20.9 Å². The maximum absolute atomic E-state index is 13.1. The molecule has 0 saturated carbocycles. The zero-order chi connectivity index (χ0) is 28.2. The van der Waals surface area contributed by atoms with Crippen LogP contribution < -0.4 is 27.4 Å². The summed E-state index contributed by atoms with van der Waals surface area (Å²) in [6.07, 6.45) is 3.26. The number of amides is 4. The van der Waals surface area contributed by atoms with Crippen molar-refractivity contribution in [2.24, 2.45) is 11.5 Å². The van der Waals surface area contributed by atoms with Crippen molar-refractivity contribution in [2.75, 3.05) is 18.6 Å². The topological polar surface area (TPSA) is 230 Å². The number of nitrogens with one attached hydrogen (secondary N) is 4. The molecule has 0 radical (unpaired) electrons. The number of aromatic amines is 1. The highest BCUT2D eigenvalue weighted by Crippen LogP contribution is 2.19. The summed E-state index contributed by atoms with van der Waals surface area (Å²) in [6, 6.07) is 2.39. The number of H-pyrrole nitrogens is 1. The first-order valence-electron chi connectivity index (χ1n) is 11.9. The Morgan fingerprint density at radius 3 is 2.18 bits per heavy atom. The quantitative estimate of drug-likeness (QED) is 0.122. The summed E-state index contributed by atoms with van der Waals surface area (Å²) < 4.78 is 0. The molecule has 1 aromatic heterocycles. The molecule has 10 N–H and O–H groups in total. The number of rotatable bonds is 16. The van der Waals surface area contributed by atoms with Crippen LogP contribution in [0.5, 0.6) is 0 Å². The van der Waals surface area contributed by atoms with Crippen molar-refractivity contribution >= 4 is 52.3 Å².